The first-order chi connectivity index (χ1) is 7.07. The molecule has 7 heteroatoms. The molecule has 0 spiro atoms. The van der Waals surface area contributed by atoms with Gasteiger partial charge in [-0.2, -0.15) is 0 Å². The SMILES string of the molecule is O=S1(=O)CCN(c2cnc(Br)cn2)CC1. The molecule has 0 aliphatic carbocycles. The predicted octanol–water partition coefficient (Wildman–Crippen LogP) is 0.474. The lowest BCUT2D eigenvalue weighted by atomic mass is 10.5. The Kier molecular flexibility index (Phi) is 2.92. The van der Waals surface area contributed by atoms with E-state index < -0.39 is 9.84 Å². The van der Waals surface area contributed by atoms with Crippen molar-refractivity contribution >= 4 is 31.6 Å². The van der Waals surface area contributed by atoms with Crippen molar-refractivity contribution in [3.63, 3.8) is 0 Å². The van der Waals surface area contributed by atoms with E-state index in [-0.39, 0.29) is 11.5 Å². The maximum Gasteiger partial charge on any atom is 0.153 e. The van der Waals surface area contributed by atoms with Crippen LogP contribution in [0.4, 0.5) is 5.82 Å². The molecule has 1 saturated heterocycles. The summed E-state index contributed by atoms with van der Waals surface area (Å²) in [6, 6.07) is 0. The summed E-state index contributed by atoms with van der Waals surface area (Å²) in [5.74, 6) is 1.13. The quantitative estimate of drug-likeness (QED) is 0.753. The molecule has 1 aliphatic rings. The summed E-state index contributed by atoms with van der Waals surface area (Å²) in [5.41, 5.74) is 0. The highest BCUT2D eigenvalue weighted by Gasteiger charge is 2.22. The average Bonchev–Trinajstić information content (AvgIpc) is 2.20. The molecular formula is C8H10BrN3O2S. The van der Waals surface area contributed by atoms with Crippen LogP contribution in [0.2, 0.25) is 0 Å². The lowest BCUT2D eigenvalue weighted by Gasteiger charge is -2.27. The molecule has 82 valence electrons. The van der Waals surface area contributed by atoms with E-state index >= 15 is 0 Å². The van der Waals surface area contributed by atoms with Crippen molar-refractivity contribution in [1.29, 1.82) is 0 Å². The third-order valence-electron chi connectivity index (χ3n) is 2.28. The molecule has 0 bridgehead atoms. The second kappa shape index (κ2) is 4.05. The van der Waals surface area contributed by atoms with Crippen LogP contribution in [0.1, 0.15) is 0 Å². The molecule has 0 radical (unpaired) electrons. The number of halogens is 1. The van der Waals surface area contributed by atoms with Crippen LogP contribution >= 0.6 is 15.9 Å². The summed E-state index contributed by atoms with van der Waals surface area (Å²) in [6.07, 6.45) is 3.25. The van der Waals surface area contributed by atoms with E-state index in [2.05, 4.69) is 25.9 Å². The van der Waals surface area contributed by atoms with Gasteiger partial charge in [-0.05, 0) is 15.9 Å². The first kappa shape index (κ1) is 10.8. The van der Waals surface area contributed by atoms with Crippen molar-refractivity contribution in [3.8, 4) is 0 Å². The summed E-state index contributed by atoms with van der Waals surface area (Å²) in [4.78, 5) is 10.2. The van der Waals surface area contributed by atoms with Gasteiger partial charge in [0, 0.05) is 13.1 Å². The van der Waals surface area contributed by atoms with E-state index in [1.165, 1.54) is 0 Å². The predicted molar refractivity (Wildman–Crippen MR) is 60.6 cm³/mol. The van der Waals surface area contributed by atoms with Crippen LogP contribution in [-0.4, -0.2) is 43.0 Å². The molecule has 0 N–H and O–H groups in total. The van der Waals surface area contributed by atoms with Crippen LogP contribution in [0.25, 0.3) is 0 Å². The van der Waals surface area contributed by atoms with Gasteiger partial charge in [0.15, 0.2) is 9.84 Å². The topological polar surface area (TPSA) is 63.2 Å². The van der Waals surface area contributed by atoms with E-state index in [4.69, 9.17) is 0 Å². The van der Waals surface area contributed by atoms with Crippen molar-refractivity contribution < 1.29 is 8.42 Å². The summed E-state index contributed by atoms with van der Waals surface area (Å²) >= 11 is 3.20. The van der Waals surface area contributed by atoms with Gasteiger partial charge in [-0.3, -0.25) is 0 Å². The number of anilines is 1. The standard InChI is InChI=1S/C8H10BrN3O2S/c9-7-5-11-8(6-10-7)12-1-3-15(13,14)4-2-12/h5-6H,1-4H2. The Hall–Kier alpha value is -0.690. The maximum atomic E-state index is 11.2. The summed E-state index contributed by atoms with van der Waals surface area (Å²) in [6.45, 7) is 0.997. The molecule has 0 saturated carbocycles. The minimum atomic E-state index is -2.83. The minimum absolute atomic E-state index is 0.199. The molecular weight excluding hydrogens is 282 g/mol. The van der Waals surface area contributed by atoms with Crippen LogP contribution in [0.3, 0.4) is 0 Å². The van der Waals surface area contributed by atoms with Crippen molar-refractivity contribution in [2.75, 3.05) is 29.5 Å². The molecule has 1 aromatic rings. The fraction of sp³-hybridized carbons (Fsp3) is 0.500. The van der Waals surface area contributed by atoms with E-state index in [1.54, 1.807) is 12.4 Å². The third-order valence-corrected chi connectivity index (χ3v) is 4.29. The number of nitrogens with zero attached hydrogens (tertiary/aromatic N) is 3. The molecule has 2 heterocycles. The van der Waals surface area contributed by atoms with Gasteiger partial charge >= 0.3 is 0 Å². The zero-order chi connectivity index (χ0) is 10.9. The largest absolute Gasteiger partial charge is 0.353 e. The highest BCUT2D eigenvalue weighted by atomic mass is 79.9. The molecule has 5 nitrogen and oxygen atoms in total. The third kappa shape index (κ3) is 2.66. The summed E-state index contributed by atoms with van der Waals surface area (Å²) < 4.78 is 23.1. The van der Waals surface area contributed by atoms with Gasteiger partial charge in [0.05, 0.1) is 23.9 Å². The van der Waals surface area contributed by atoms with Gasteiger partial charge < -0.3 is 4.90 Å². The molecule has 0 amide bonds. The van der Waals surface area contributed by atoms with E-state index in [1.807, 2.05) is 4.90 Å². The highest BCUT2D eigenvalue weighted by molar-refractivity contribution is 9.10. The lowest BCUT2D eigenvalue weighted by Crippen LogP contribution is -2.40. The molecule has 2 rings (SSSR count). The Bertz CT molecular complexity index is 431. The lowest BCUT2D eigenvalue weighted by molar-refractivity contribution is 0.586. The number of rotatable bonds is 1. The van der Waals surface area contributed by atoms with Crippen molar-refractivity contribution in [2.45, 2.75) is 0 Å². The zero-order valence-corrected chi connectivity index (χ0v) is 10.3. The van der Waals surface area contributed by atoms with Gasteiger partial charge in [0.25, 0.3) is 0 Å². The number of sulfone groups is 1. The maximum absolute atomic E-state index is 11.2. The van der Waals surface area contributed by atoms with Crippen molar-refractivity contribution in [1.82, 2.24) is 9.97 Å². The highest BCUT2D eigenvalue weighted by Crippen LogP contribution is 2.14. The number of hydrogen-bond donors (Lipinski definition) is 0. The second-order valence-electron chi connectivity index (χ2n) is 3.34. The van der Waals surface area contributed by atoms with E-state index in [0.29, 0.717) is 17.7 Å². The molecule has 1 fully saturated rings. The zero-order valence-electron chi connectivity index (χ0n) is 7.93. The fourth-order valence-electron chi connectivity index (χ4n) is 1.41. The van der Waals surface area contributed by atoms with Crippen LogP contribution in [-0.2, 0) is 9.84 Å². The van der Waals surface area contributed by atoms with Crippen molar-refractivity contribution in [3.05, 3.63) is 17.0 Å². The molecule has 0 aromatic carbocycles. The molecule has 1 aromatic heterocycles. The molecule has 0 atom stereocenters. The van der Waals surface area contributed by atoms with Crippen molar-refractivity contribution in [2.24, 2.45) is 0 Å². The van der Waals surface area contributed by atoms with Gasteiger partial charge in [-0.1, -0.05) is 0 Å². The van der Waals surface area contributed by atoms with Gasteiger partial charge in [-0.25, -0.2) is 18.4 Å². The van der Waals surface area contributed by atoms with Crippen LogP contribution in [0.15, 0.2) is 17.0 Å². The Balaban J connectivity index is 2.11. The van der Waals surface area contributed by atoms with Gasteiger partial charge in [0.2, 0.25) is 0 Å². The van der Waals surface area contributed by atoms with Gasteiger partial charge in [0.1, 0.15) is 10.4 Å². The summed E-state index contributed by atoms with van der Waals surface area (Å²) in [7, 11) is -2.83. The minimum Gasteiger partial charge on any atom is -0.353 e. The Labute approximate surface area is 96.6 Å². The number of hydrogen-bond acceptors (Lipinski definition) is 5. The Morgan fingerprint density at radius 1 is 1.20 bits per heavy atom. The van der Waals surface area contributed by atoms with Crippen LogP contribution in [0.5, 0.6) is 0 Å². The Morgan fingerprint density at radius 3 is 2.40 bits per heavy atom. The smallest absolute Gasteiger partial charge is 0.153 e. The van der Waals surface area contributed by atoms with Crippen LogP contribution < -0.4 is 4.90 Å². The molecule has 0 unspecified atom stereocenters. The van der Waals surface area contributed by atoms with E-state index in [9.17, 15) is 8.42 Å². The monoisotopic (exact) mass is 291 g/mol. The average molecular weight is 292 g/mol. The van der Waals surface area contributed by atoms with Gasteiger partial charge in [-0.15, -0.1) is 0 Å². The van der Waals surface area contributed by atoms with E-state index in [0.717, 1.165) is 5.82 Å². The first-order valence-corrected chi connectivity index (χ1v) is 7.11. The normalized spacial score (nSPS) is 20.2. The summed E-state index contributed by atoms with van der Waals surface area (Å²) in [5, 5.41) is 0. The fourth-order valence-corrected chi connectivity index (χ4v) is 2.82. The Morgan fingerprint density at radius 2 is 1.87 bits per heavy atom. The van der Waals surface area contributed by atoms with Crippen LogP contribution in [0, 0.1) is 0 Å². The molecule has 1 aliphatic heterocycles. The second-order valence-corrected chi connectivity index (χ2v) is 6.45. The number of aromatic nitrogens is 2. The molecule has 15 heavy (non-hydrogen) atoms. The first-order valence-electron chi connectivity index (χ1n) is 4.50.